The van der Waals surface area contributed by atoms with Crippen molar-refractivity contribution < 1.29 is 4.74 Å². The molecule has 2 fully saturated rings. The Morgan fingerprint density at radius 1 is 1.27 bits per heavy atom. The highest BCUT2D eigenvalue weighted by atomic mass is 16.5. The number of nitrogens with one attached hydrogen (secondary N) is 1. The topological polar surface area (TPSA) is 36.3 Å². The molecule has 1 N–H and O–H groups in total. The van der Waals surface area contributed by atoms with E-state index >= 15 is 0 Å². The summed E-state index contributed by atoms with van der Waals surface area (Å²) in [4.78, 5) is 2.16. The molecule has 1 saturated carbocycles. The molecule has 0 aromatic carbocycles. The van der Waals surface area contributed by atoms with Crippen LogP contribution in [0.4, 0.5) is 0 Å². The van der Waals surface area contributed by atoms with E-state index in [0.29, 0.717) is 12.0 Å². The molecule has 2 rings (SSSR count). The molecule has 86 valence electrons. The van der Waals surface area contributed by atoms with E-state index in [9.17, 15) is 0 Å². The predicted molar refractivity (Wildman–Crippen MR) is 61.3 cm³/mol. The number of hydrogen-bond donors (Lipinski definition) is 1. The van der Waals surface area contributed by atoms with E-state index in [0.717, 1.165) is 18.9 Å². The Kier molecular flexibility index (Phi) is 3.29. The first-order chi connectivity index (χ1) is 7.20. The lowest BCUT2D eigenvalue weighted by atomic mass is 10.0. The van der Waals surface area contributed by atoms with Crippen LogP contribution in [-0.4, -0.2) is 36.5 Å². The molecule has 2 aliphatic rings. The van der Waals surface area contributed by atoms with Crippen molar-refractivity contribution in [2.45, 2.75) is 51.2 Å². The maximum absolute atomic E-state index is 8.22. The van der Waals surface area contributed by atoms with Gasteiger partial charge >= 0.3 is 0 Å². The lowest BCUT2D eigenvalue weighted by molar-refractivity contribution is 0.0987. The van der Waals surface area contributed by atoms with Crippen LogP contribution in [0.2, 0.25) is 0 Å². The molecule has 3 heteroatoms. The van der Waals surface area contributed by atoms with E-state index in [-0.39, 0.29) is 6.10 Å². The van der Waals surface area contributed by atoms with Gasteiger partial charge in [0.2, 0.25) is 0 Å². The van der Waals surface area contributed by atoms with Gasteiger partial charge in [-0.3, -0.25) is 5.41 Å². The van der Waals surface area contributed by atoms with Gasteiger partial charge in [-0.15, -0.1) is 0 Å². The summed E-state index contributed by atoms with van der Waals surface area (Å²) in [6.45, 7) is 2.98. The zero-order valence-electron chi connectivity index (χ0n) is 9.83. The molecular formula is C12H22N2O. The van der Waals surface area contributed by atoms with Crippen LogP contribution < -0.4 is 0 Å². The summed E-state index contributed by atoms with van der Waals surface area (Å²) in [6, 6.07) is 0.429. The standard InChI is InChI=1S/C12H22N2O/c1-9-11(7-8-15-9)14(2)12(13)10-5-3-4-6-10/h9-11,13H,3-8H2,1-2H3. The minimum Gasteiger partial charge on any atom is -0.376 e. The molecular weight excluding hydrogens is 188 g/mol. The Morgan fingerprint density at radius 2 is 1.93 bits per heavy atom. The van der Waals surface area contributed by atoms with Gasteiger partial charge in [-0.2, -0.15) is 0 Å². The Labute approximate surface area is 92.3 Å². The molecule has 0 aromatic heterocycles. The first-order valence-electron chi connectivity index (χ1n) is 6.13. The molecule has 1 aliphatic heterocycles. The number of ether oxygens (including phenoxy) is 1. The van der Waals surface area contributed by atoms with Gasteiger partial charge in [-0.25, -0.2) is 0 Å². The van der Waals surface area contributed by atoms with Gasteiger partial charge in [0.15, 0.2) is 0 Å². The number of nitrogens with zero attached hydrogens (tertiary/aromatic N) is 1. The third-order valence-corrected chi connectivity index (χ3v) is 3.96. The van der Waals surface area contributed by atoms with E-state index in [1.54, 1.807) is 0 Å². The summed E-state index contributed by atoms with van der Waals surface area (Å²) in [5.41, 5.74) is 0. The van der Waals surface area contributed by atoms with E-state index in [1.165, 1.54) is 25.7 Å². The average Bonchev–Trinajstić information content (AvgIpc) is 2.85. The molecule has 1 heterocycles. The lowest BCUT2D eigenvalue weighted by Gasteiger charge is -2.31. The van der Waals surface area contributed by atoms with Crippen molar-refractivity contribution in [2.75, 3.05) is 13.7 Å². The van der Waals surface area contributed by atoms with Crippen LogP contribution in [-0.2, 0) is 4.74 Å². The molecule has 0 spiro atoms. The van der Waals surface area contributed by atoms with Crippen molar-refractivity contribution in [3.63, 3.8) is 0 Å². The van der Waals surface area contributed by atoms with Crippen molar-refractivity contribution >= 4 is 5.84 Å². The number of rotatable bonds is 2. The summed E-state index contributed by atoms with van der Waals surface area (Å²) >= 11 is 0. The van der Waals surface area contributed by atoms with Gasteiger partial charge in [0.05, 0.1) is 18.0 Å². The van der Waals surface area contributed by atoms with Crippen molar-refractivity contribution in [1.82, 2.24) is 4.90 Å². The van der Waals surface area contributed by atoms with Crippen LogP contribution in [0.25, 0.3) is 0 Å². The Morgan fingerprint density at radius 3 is 2.47 bits per heavy atom. The Bertz CT molecular complexity index is 236. The molecule has 2 atom stereocenters. The van der Waals surface area contributed by atoms with Gasteiger partial charge in [0.25, 0.3) is 0 Å². The van der Waals surface area contributed by atoms with Gasteiger partial charge in [0.1, 0.15) is 0 Å². The zero-order chi connectivity index (χ0) is 10.8. The second-order valence-electron chi connectivity index (χ2n) is 4.91. The van der Waals surface area contributed by atoms with Crippen molar-refractivity contribution in [3.8, 4) is 0 Å². The fourth-order valence-electron chi connectivity index (χ4n) is 2.89. The number of hydrogen-bond acceptors (Lipinski definition) is 2. The second kappa shape index (κ2) is 4.52. The van der Waals surface area contributed by atoms with E-state index in [4.69, 9.17) is 10.1 Å². The molecule has 3 nitrogen and oxygen atoms in total. The molecule has 1 saturated heterocycles. The smallest absolute Gasteiger partial charge is 0.0990 e. The summed E-state index contributed by atoms with van der Waals surface area (Å²) in [6.07, 6.45) is 6.40. The fourth-order valence-corrected chi connectivity index (χ4v) is 2.89. The monoisotopic (exact) mass is 210 g/mol. The molecule has 0 aromatic rings. The quantitative estimate of drug-likeness (QED) is 0.560. The van der Waals surface area contributed by atoms with Gasteiger partial charge < -0.3 is 9.64 Å². The summed E-state index contributed by atoms with van der Waals surface area (Å²) in [7, 11) is 2.07. The van der Waals surface area contributed by atoms with Gasteiger partial charge in [-0.1, -0.05) is 12.8 Å². The van der Waals surface area contributed by atoms with Gasteiger partial charge in [0, 0.05) is 19.6 Å². The minimum atomic E-state index is 0.289. The van der Waals surface area contributed by atoms with Gasteiger partial charge in [-0.05, 0) is 26.2 Å². The highest BCUT2D eigenvalue weighted by Crippen LogP contribution is 2.28. The van der Waals surface area contributed by atoms with Crippen LogP contribution in [0.5, 0.6) is 0 Å². The average molecular weight is 210 g/mol. The molecule has 0 amide bonds. The highest BCUT2D eigenvalue weighted by Gasteiger charge is 2.32. The molecule has 1 aliphatic carbocycles. The fraction of sp³-hybridized carbons (Fsp3) is 0.917. The second-order valence-corrected chi connectivity index (χ2v) is 4.91. The van der Waals surface area contributed by atoms with Crippen LogP contribution in [0.1, 0.15) is 39.0 Å². The maximum atomic E-state index is 8.22. The van der Waals surface area contributed by atoms with Crippen LogP contribution >= 0.6 is 0 Å². The van der Waals surface area contributed by atoms with Crippen molar-refractivity contribution in [1.29, 1.82) is 5.41 Å². The van der Waals surface area contributed by atoms with Crippen molar-refractivity contribution in [3.05, 3.63) is 0 Å². The van der Waals surface area contributed by atoms with Crippen LogP contribution in [0, 0.1) is 11.3 Å². The SMILES string of the molecule is CC1OCCC1N(C)C(=N)C1CCCC1. The highest BCUT2D eigenvalue weighted by molar-refractivity contribution is 5.82. The first-order valence-corrected chi connectivity index (χ1v) is 6.13. The summed E-state index contributed by atoms with van der Waals surface area (Å²) < 4.78 is 5.56. The number of likely N-dealkylation sites (N-methyl/N-ethyl adjacent to an activating group) is 1. The Hall–Kier alpha value is -0.570. The molecule has 0 bridgehead atoms. The summed E-state index contributed by atoms with van der Waals surface area (Å²) in [5, 5.41) is 8.22. The minimum absolute atomic E-state index is 0.289. The molecule has 2 unspecified atom stereocenters. The zero-order valence-corrected chi connectivity index (χ0v) is 9.83. The summed E-state index contributed by atoms with van der Waals surface area (Å²) in [5.74, 6) is 1.36. The normalized spacial score (nSPS) is 32.1. The van der Waals surface area contributed by atoms with Crippen LogP contribution in [0.15, 0.2) is 0 Å². The lowest BCUT2D eigenvalue weighted by Crippen LogP contribution is -2.43. The molecule has 15 heavy (non-hydrogen) atoms. The third kappa shape index (κ3) is 2.17. The number of amidine groups is 1. The van der Waals surface area contributed by atoms with E-state index in [2.05, 4.69) is 18.9 Å². The first kappa shape index (κ1) is 10.9. The maximum Gasteiger partial charge on any atom is 0.0990 e. The third-order valence-electron chi connectivity index (χ3n) is 3.96. The Balaban J connectivity index is 1.94. The van der Waals surface area contributed by atoms with Crippen molar-refractivity contribution in [2.24, 2.45) is 5.92 Å². The largest absolute Gasteiger partial charge is 0.376 e. The predicted octanol–water partition coefficient (Wildman–Crippen LogP) is 2.26. The van der Waals surface area contributed by atoms with E-state index < -0.39 is 0 Å². The van der Waals surface area contributed by atoms with E-state index in [1.807, 2.05) is 0 Å². The van der Waals surface area contributed by atoms with Crippen LogP contribution in [0.3, 0.4) is 0 Å². The molecule has 0 radical (unpaired) electrons.